The van der Waals surface area contributed by atoms with E-state index < -0.39 is 17.9 Å². The summed E-state index contributed by atoms with van der Waals surface area (Å²) < 4.78 is 5.59. The average Bonchev–Trinajstić information content (AvgIpc) is 2.88. The molecule has 3 aromatic rings. The number of hydrogen-bond donors (Lipinski definition) is 2. The number of amides is 3. The zero-order valence-electron chi connectivity index (χ0n) is 22.2. The van der Waals surface area contributed by atoms with E-state index in [0.29, 0.717) is 29.4 Å². The van der Waals surface area contributed by atoms with Gasteiger partial charge in [0.15, 0.2) is 0 Å². The van der Waals surface area contributed by atoms with Crippen LogP contribution in [0.25, 0.3) is 6.08 Å². The Hall–Kier alpha value is -4.39. The summed E-state index contributed by atoms with van der Waals surface area (Å²) in [5.41, 5.74) is 3.65. The second-order valence-corrected chi connectivity index (χ2v) is 10.1. The average molecular weight is 512 g/mol. The van der Waals surface area contributed by atoms with Gasteiger partial charge in [0.2, 0.25) is 11.8 Å². The molecule has 1 aliphatic rings. The summed E-state index contributed by atoms with van der Waals surface area (Å²) in [4.78, 5) is 41.0. The van der Waals surface area contributed by atoms with Crippen molar-refractivity contribution in [3.05, 3.63) is 90.0 Å². The quantitative estimate of drug-likeness (QED) is 0.394. The number of carbonyl (C=O) groups is 3. The zero-order chi connectivity index (χ0) is 27.3. The first-order valence-corrected chi connectivity index (χ1v) is 12.7. The van der Waals surface area contributed by atoms with Gasteiger partial charge in [-0.05, 0) is 53.8 Å². The zero-order valence-corrected chi connectivity index (χ0v) is 22.2. The second kappa shape index (κ2) is 11.3. The fraction of sp³-hybridized carbons (Fsp3) is 0.258. The van der Waals surface area contributed by atoms with Crippen molar-refractivity contribution in [2.24, 2.45) is 0 Å². The first-order valence-electron chi connectivity index (χ1n) is 12.7. The predicted octanol–water partition coefficient (Wildman–Crippen LogP) is 5.78. The molecule has 0 saturated carbocycles. The molecule has 1 atom stereocenters. The van der Waals surface area contributed by atoms with E-state index in [2.05, 4.69) is 31.4 Å². The molecule has 1 aliphatic heterocycles. The molecule has 1 unspecified atom stereocenters. The topological polar surface area (TPSA) is 87.7 Å². The number of benzene rings is 3. The van der Waals surface area contributed by atoms with E-state index in [1.165, 1.54) is 16.5 Å². The largest absolute Gasteiger partial charge is 0.492 e. The first kappa shape index (κ1) is 26.7. The Morgan fingerprint density at radius 2 is 1.68 bits per heavy atom. The van der Waals surface area contributed by atoms with E-state index in [9.17, 15) is 14.4 Å². The lowest BCUT2D eigenvalue weighted by Crippen LogP contribution is -2.52. The molecular weight excluding hydrogens is 478 g/mol. The highest BCUT2D eigenvalue weighted by molar-refractivity contribution is 6.16. The highest BCUT2D eigenvalue weighted by Gasteiger charge is 2.37. The Morgan fingerprint density at radius 3 is 2.39 bits per heavy atom. The van der Waals surface area contributed by atoms with Crippen LogP contribution in [0.4, 0.5) is 17.1 Å². The summed E-state index contributed by atoms with van der Waals surface area (Å²) in [5.74, 6) is -0.681. The van der Waals surface area contributed by atoms with Crippen molar-refractivity contribution in [2.45, 2.75) is 45.6 Å². The number of para-hydroxylation sites is 4. The molecule has 3 amide bonds. The third-order valence-corrected chi connectivity index (χ3v) is 6.31. The maximum absolute atomic E-state index is 13.5. The Balaban J connectivity index is 1.58. The van der Waals surface area contributed by atoms with Crippen LogP contribution in [0.3, 0.4) is 0 Å². The standard InChI is InChI=1S/C31H33N3O4/c1-5-38-27-13-9-7-11-24(27)32-28(35)20-26-30(37)33-23-10-6-8-12-25(23)34(26)29(36)19-16-21-14-17-22(18-15-21)31(2,3)4/h6-19,26H,5,20H2,1-4H3,(H,32,35)(H,33,37)/b19-16+. The fourth-order valence-electron chi connectivity index (χ4n) is 4.32. The molecule has 0 aromatic heterocycles. The number of fused-ring (bicyclic) bond motifs is 1. The van der Waals surface area contributed by atoms with E-state index in [-0.39, 0.29) is 17.7 Å². The van der Waals surface area contributed by atoms with Crippen molar-refractivity contribution < 1.29 is 19.1 Å². The lowest BCUT2D eigenvalue weighted by Gasteiger charge is -2.35. The molecule has 7 heteroatoms. The highest BCUT2D eigenvalue weighted by atomic mass is 16.5. The van der Waals surface area contributed by atoms with Crippen LogP contribution in [0.15, 0.2) is 78.9 Å². The number of carbonyl (C=O) groups excluding carboxylic acids is 3. The van der Waals surface area contributed by atoms with Gasteiger partial charge >= 0.3 is 0 Å². The minimum absolute atomic E-state index is 0.0277. The van der Waals surface area contributed by atoms with Gasteiger partial charge in [-0.1, -0.05) is 69.3 Å². The van der Waals surface area contributed by atoms with Gasteiger partial charge in [-0.25, -0.2) is 0 Å². The number of rotatable bonds is 7. The number of hydrogen-bond acceptors (Lipinski definition) is 4. The summed E-state index contributed by atoms with van der Waals surface area (Å²) in [6, 6.07) is 21.1. The molecule has 0 bridgehead atoms. The van der Waals surface area contributed by atoms with Gasteiger partial charge in [0, 0.05) is 6.08 Å². The van der Waals surface area contributed by atoms with Crippen LogP contribution in [0.2, 0.25) is 0 Å². The van der Waals surface area contributed by atoms with E-state index in [4.69, 9.17) is 4.74 Å². The van der Waals surface area contributed by atoms with Crippen molar-refractivity contribution in [1.29, 1.82) is 0 Å². The van der Waals surface area contributed by atoms with Crippen LogP contribution in [-0.4, -0.2) is 30.4 Å². The van der Waals surface area contributed by atoms with E-state index >= 15 is 0 Å². The molecule has 2 N–H and O–H groups in total. The lowest BCUT2D eigenvalue weighted by molar-refractivity contribution is -0.124. The van der Waals surface area contributed by atoms with Gasteiger partial charge < -0.3 is 15.4 Å². The maximum Gasteiger partial charge on any atom is 0.251 e. The molecule has 1 heterocycles. The van der Waals surface area contributed by atoms with Gasteiger partial charge in [0.1, 0.15) is 11.8 Å². The third kappa shape index (κ3) is 6.11. The lowest BCUT2D eigenvalue weighted by atomic mass is 9.87. The molecule has 0 spiro atoms. The van der Waals surface area contributed by atoms with Crippen molar-refractivity contribution in [3.8, 4) is 5.75 Å². The van der Waals surface area contributed by atoms with Crippen LogP contribution in [-0.2, 0) is 19.8 Å². The normalized spacial score (nSPS) is 15.1. The molecule has 3 aromatic carbocycles. The highest BCUT2D eigenvalue weighted by Crippen LogP contribution is 2.34. The van der Waals surface area contributed by atoms with Crippen LogP contribution in [0.5, 0.6) is 5.75 Å². The Morgan fingerprint density at radius 1 is 1.00 bits per heavy atom. The first-order chi connectivity index (χ1) is 18.2. The molecule has 0 aliphatic carbocycles. The molecule has 0 saturated heterocycles. The van der Waals surface area contributed by atoms with Gasteiger partial charge in [-0.2, -0.15) is 0 Å². The van der Waals surface area contributed by atoms with Crippen molar-refractivity contribution in [2.75, 3.05) is 22.1 Å². The van der Waals surface area contributed by atoms with Crippen LogP contribution in [0.1, 0.15) is 45.2 Å². The summed E-state index contributed by atoms with van der Waals surface area (Å²) in [7, 11) is 0. The van der Waals surface area contributed by atoms with Crippen molar-refractivity contribution >= 4 is 40.9 Å². The minimum Gasteiger partial charge on any atom is -0.492 e. The minimum atomic E-state index is -1.02. The summed E-state index contributed by atoms with van der Waals surface area (Å²) in [5, 5.41) is 5.65. The van der Waals surface area contributed by atoms with Crippen LogP contribution >= 0.6 is 0 Å². The SMILES string of the molecule is CCOc1ccccc1NC(=O)CC1C(=O)Nc2ccccc2N1C(=O)/C=C/c1ccc(C(C)(C)C)cc1. The van der Waals surface area contributed by atoms with E-state index in [1.807, 2.05) is 37.3 Å². The van der Waals surface area contributed by atoms with Gasteiger partial charge in [-0.3, -0.25) is 19.3 Å². The van der Waals surface area contributed by atoms with Crippen molar-refractivity contribution in [3.63, 3.8) is 0 Å². The molecule has 196 valence electrons. The predicted molar refractivity (Wildman–Crippen MR) is 151 cm³/mol. The maximum atomic E-state index is 13.5. The summed E-state index contributed by atoms with van der Waals surface area (Å²) >= 11 is 0. The molecule has 0 fully saturated rings. The number of anilines is 3. The fourth-order valence-corrected chi connectivity index (χ4v) is 4.32. The number of ether oxygens (including phenoxy) is 1. The van der Waals surface area contributed by atoms with E-state index in [0.717, 1.165) is 5.56 Å². The molecule has 7 nitrogen and oxygen atoms in total. The molecule has 4 rings (SSSR count). The summed E-state index contributed by atoms with van der Waals surface area (Å²) in [6.45, 7) is 8.74. The third-order valence-electron chi connectivity index (χ3n) is 6.31. The van der Waals surface area contributed by atoms with Gasteiger partial charge in [0.25, 0.3) is 5.91 Å². The summed E-state index contributed by atoms with van der Waals surface area (Å²) in [6.07, 6.45) is 2.94. The molecule has 0 radical (unpaired) electrons. The molecule has 38 heavy (non-hydrogen) atoms. The van der Waals surface area contributed by atoms with Gasteiger partial charge in [0.05, 0.1) is 30.1 Å². The second-order valence-electron chi connectivity index (χ2n) is 10.1. The van der Waals surface area contributed by atoms with Crippen LogP contribution < -0.4 is 20.3 Å². The molecular formula is C31H33N3O4. The number of nitrogens with one attached hydrogen (secondary N) is 2. The Bertz CT molecular complexity index is 1360. The Kier molecular flexibility index (Phi) is 7.96. The Labute approximate surface area is 223 Å². The van der Waals surface area contributed by atoms with Crippen molar-refractivity contribution in [1.82, 2.24) is 0 Å². The number of nitrogens with zero attached hydrogens (tertiary/aromatic N) is 1. The van der Waals surface area contributed by atoms with Gasteiger partial charge in [-0.15, -0.1) is 0 Å². The van der Waals surface area contributed by atoms with E-state index in [1.54, 1.807) is 48.5 Å². The monoisotopic (exact) mass is 511 g/mol. The van der Waals surface area contributed by atoms with Crippen LogP contribution in [0, 0.1) is 0 Å². The smallest absolute Gasteiger partial charge is 0.251 e.